The van der Waals surface area contributed by atoms with Gasteiger partial charge in [-0.3, -0.25) is 0 Å². The van der Waals surface area contributed by atoms with E-state index in [9.17, 15) is 9.90 Å². The predicted octanol–water partition coefficient (Wildman–Crippen LogP) is 2.83. The summed E-state index contributed by atoms with van der Waals surface area (Å²) in [5.41, 5.74) is 10.2. The Morgan fingerprint density at radius 1 is 1.13 bits per heavy atom. The van der Waals surface area contributed by atoms with Gasteiger partial charge in [0.2, 0.25) is 0 Å². The van der Waals surface area contributed by atoms with Gasteiger partial charge in [0.05, 0.1) is 5.69 Å². The lowest BCUT2D eigenvalue weighted by molar-refractivity contribution is 0.0691. The van der Waals surface area contributed by atoms with Crippen LogP contribution in [0.4, 0.5) is 5.69 Å². The first-order valence-electron chi connectivity index (χ1n) is 7.09. The fourth-order valence-corrected chi connectivity index (χ4v) is 2.62. The highest BCUT2D eigenvalue weighted by Crippen LogP contribution is 2.27. The van der Waals surface area contributed by atoms with Crippen LogP contribution in [0.3, 0.4) is 0 Å². The molecule has 0 saturated carbocycles. The van der Waals surface area contributed by atoms with Gasteiger partial charge in [0.1, 0.15) is 5.69 Å². The Balaban J connectivity index is 2.28. The van der Waals surface area contributed by atoms with Gasteiger partial charge in [-0.25, -0.2) is 9.48 Å². The van der Waals surface area contributed by atoms with E-state index in [1.54, 1.807) is 24.3 Å². The van der Waals surface area contributed by atoms with Crippen molar-refractivity contribution in [3.05, 3.63) is 59.3 Å². The van der Waals surface area contributed by atoms with Crippen LogP contribution in [0.25, 0.3) is 16.9 Å². The monoisotopic (exact) mass is 308 g/mol. The number of nitrogen functional groups attached to an aromatic ring is 1. The fourth-order valence-electron chi connectivity index (χ4n) is 2.62. The van der Waals surface area contributed by atoms with Crippen molar-refractivity contribution >= 4 is 11.7 Å². The molecule has 0 radical (unpaired) electrons. The molecule has 3 N–H and O–H groups in total. The highest BCUT2D eigenvalue weighted by atomic mass is 16.4. The van der Waals surface area contributed by atoms with Crippen LogP contribution in [0, 0.1) is 13.8 Å². The van der Waals surface area contributed by atoms with Crippen molar-refractivity contribution in [2.24, 2.45) is 0 Å². The molecule has 0 aliphatic rings. The van der Waals surface area contributed by atoms with E-state index in [2.05, 4.69) is 10.3 Å². The maximum atomic E-state index is 11.5. The molecule has 0 bridgehead atoms. The SMILES string of the molecule is Cc1cc(C)cc(-n2nnc(C(=O)O)c2-c2cccc(N)c2)c1. The van der Waals surface area contributed by atoms with Crippen LogP contribution in [0.5, 0.6) is 0 Å². The Bertz CT molecular complexity index is 879. The van der Waals surface area contributed by atoms with Crippen molar-refractivity contribution < 1.29 is 9.90 Å². The van der Waals surface area contributed by atoms with Crippen LogP contribution in [0.1, 0.15) is 21.6 Å². The molecule has 1 heterocycles. The van der Waals surface area contributed by atoms with Crippen LogP contribution >= 0.6 is 0 Å². The van der Waals surface area contributed by atoms with Crippen molar-refractivity contribution in [3.63, 3.8) is 0 Å². The molecule has 0 aliphatic heterocycles. The second-order valence-corrected chi connectivity index (χ2v) is 5.47. The molecular formula is C17H16N4O2. The van der Waals surface area contributed by atoms with Gasteiger partial charge in [0.15, 0.2) is 5.69 Å². The van der Waals surface area contributed by atoms with Gasteiger partial charge in [-0.05, 0) is 49.2 Å². The summed E-state index contributed by atoms with van der Waals surface area (Å²) < 4.78 is 1.54. The maximum absolute atomic E-state index is 11.5. The van der Waals surface area contributed by atoms with Crippen LogP contribution in [0.2, 0.25) is 0 Å². The van der Waals surface area contributed by atoms with Gasteiger partial charge < -0.3 is 10.8 Å². The van der Waals surface area contributed by atoms with Gasteiger partial charge in [0, 0.05) is 11.3 Å². The van der Waals surface area contributed by atoms with Crippen LogP contribution in [-0.4, -0.2) is 26.1 Å². The number of carbonyl (C=O) groups is 1. The molecule has 0 saturated heterocycles. The zero-order valence-electron chi connectivity index (χ0n) is 12.8. The molecule has 0 spiro atoms. The van der Waals surface area contributed by atoms with E-state index in [1.807, 2.05) is 32.0 Å². The summed E-state index contributed by atoms with van der Waals surface area (Å²) in [6.45, 7) is 3.96. The number of carboxylic acids is 1. The second-order valence-electron chi connectivity index (χ2n) is 5.47. The maximum Gasteiger partial charge on any atom is 0.358 e. The number of hydrogen-bond donors (Lipinski definition) is 2. The molecule has 3 rings (SSSR count). The second kappa shape index (κ2) is 5.57. The van der Waals surface area contributed by atoms with E-state index in [4.69, 9.17) is 5.73 Å². The number of nitrogens with two attached hydrogens (primary N) is 1. The Labute approximate surface area is 133 Å². The van der Waals surface area contributed by atoms with Gasteiger partial charge in [-0.15, -0.1) is 5.10 Å². The van der Waals surface area contributed by atoms with Crippen molar-refractivity contribution in [1.29, 1.82) is 0 Å². The smallest absolute Gasteiger partial charge is 0.358 e. The molecule has 6 nitrogen and oxygen atoms in total. The summed E-state index contributed by atoms with van der Waals surface area (Å²) in [5, 5.41) is 17.3. The van der Waals surface area contributed by atoms with Gasteiger partial charge in [-0.1, -0.05) is 23.4 Å². The first kappa shape index (κ1) is 14.8. The number of hydrogen-bond acceptors (Lipinski definition) is 4. The number of aromatic nitrogens is 3. The number of benzene rings is 2. The standard InChI is InChI=1S/C17H16N4O2/c1-10-6-11(2)8-14(7-10)21-16(15(17(22)23)19-20-21)12-4-3-5-13(18)9-12/h3-9H,18H2,1-2H3,(H,22,23). The third-order valence-corrected chi connectivity index (χ3v) is 3.48. The molecule has 0 amide bonds. The third-order valence-electron chi connectivity index (χ3n) is 3.48. The van der Waals surface area contributed by atoms with E-state index in [0.717, 1.165) is 16.8 Å². The normalized spacial score (nSPS) is 10.7. The molecule has 116 valence electrons. The molecule has 0 fully saturated rings. The highest BCUT2D eigenvalue weighted by molar-refractivity contribution is 5.93. The average Bonchev–Trinajstić information content (AvgIpc) is 2.91. The summed E-state index contributed by atoms with van der Waals surface area (Å²) >= 11 is 0. The van der Waals surface area contributed by atoms with Gasteiger partial charge >= 0.3 is 5.97 Å². The van der Waals surface area contributed by atoms with Crippen LogP contribution in [0.15, 0.2) is 42.5 Å². The molecule has 0 unspecified atom stereocenters. The number of rotatable bonds is 3. The minimum absolute atomic E-state index is 0.102. The zero-order valence-corrected chi connectivity index (χ0v) is 12.8. The average molecular weight is 308 g/mol. The summed E-state index contributed by atoms with van der Waals surface area (Å²) in [5.74, 6) is -1.13. The summed E-state index contributed by atoms with van der Waals surface area (Å²) in [6, 6.07) is 12.9. The number of nitrogens with zero attached hydrogens (tertiary/aromatic N) is 3. The molecule has 6 heteroatoms. The number of carboxylic acid groups (broad SMARTS) is 1. The van der Waals surface area contributed by atoms with E-state index < -0.39 is 5.97 Å². The van der Waals surface area contributed by atoms with Crippen molar-refractivity contribution in [2.45, 2.75) is 13.8 Å². The quantitative estimate of drug-likeness (QED) is 0.726. The Morgan fingerprint density at radius 2 is 1.83 bits per heavy atom. The van der Waals surface area contributed by atoms with E-state index in [1.165, 1.54) is 4.68 Å². The Morgan fingerprint density at radius 3 is 2.43 bits per heavy atom. The lowest BCUT2D eigenvalue weighted by Gasteiger charge is -2.10. The number of aryl methyl sites for hydroxylation is 2. The van der Waals surface area contributed by atoms with E-state index in [0.29, 0.717) is 16.9 Å². The first-order valence-corrected chi connectivity index (χ1v) is 7.09. The zero-order chi connectivity index (χ0) is 16.6. The fraction of sp³-hybridized carbons (Fsp3) is 0.118. The molecular weight excluding hydrogens is 292 g/mol. The topological polar surface area (TPSA) is 94.0 Å². The Kier molecular flexibility index (Phi) is 3.57. The van der Waals surface area contributed by atoms with E-state index >= 15 is 0 Å². The predicted molar refractivity (Wildman–Crippen MR) is 87.6 cm³/mol. The minimum Gasteiger partial charge on any atom is -0.476 e. The lowest BCUT2D eigenvalue weighted by Crippen LogP contribution is -2.04. The van der Waals surface area contributed by atoms with Crippen LogP contribution in [-0.2, 0) is 0 Å². The molecule has 2 aromatic carbocycles. The number of aromatic carboxylic acids is 1. The molecule has 23 heavy (non-hydrogen) atoms. The molecule has 3 aromatic rings. The minimum atomic E-state index is -1.13. The van der Waals surface area contributed by atoms with Crippen molar-refractivity contribution in [3.8, 4) is 16.9 Å². The summed E-state index contributed by atoms with van der Waals surface area (Å²) in [4.78, 5) is 11.5. The summed E-state index contributed by atoms with van der Waals surface area (Å²) in [7, 11) is 0. The first-order chi connectivity index (χ1) is 11.0. The molecule has 0 atom stereocenters. The Hall–Kier alpha value is -3.15. The van der Waals surface area contributed by atoms with E-state index in [-0.39, 0.29) is 5.69 Å². The van der Waals surface area contributed by atoms with Crippen molar-refractivity contribution in [2.75, 3.05) is 5.73 Å². The summed E-state index contributed by atoms with van der Waals surface area (Å²) in [6.07, 6.45) is 0. The largest absolute Gasteiger partial charge is 0.476 e. The van der Waals surface area contributed by atoms with Crippen molar-refractivity contribution in [1.82, 2.24) is 15.0 Å². The highest BCUT2D eigenvalue weighted by Gasteiger charge is 2.21. The number of anilines is 1. The van der Waals surface area contributed by atoms with Crippen LogP contribution < -0.4 is 5.73 Å². The van der Waals surface area contributed by atoms with Gasteiger partial charge in [-0.2, -0.15) is 0 Å². The third kappa shape index (κ3) is 2.78. The lowest BCUT2D eigenvalue weighted by atomic mass is 10.1. The van der Waals surface area contributed by atoms with Gasteiger partial charge in [0.25, 0.3) is 0 Å². The molecule has 1 aromatic heterocycles. The molecule has 0 aliphatic carbocycles.